The zero-order valence-corrected chi connectivity index (χ0v) is 11.0. The van der Waals surface area contributed by atoms with Crippen LogP contribution < -0.4 is 5.32 Å². The number of nitrogens with one attached hydrogen (secondary N) is 1. The topological polar surface area (TPSA) is 86.7 Å². The first-order valence-electron chi connectivity index (χ1n) is 6.43. The number of carboxylic acid groups (broad SMARTS) is 1. The van der Waals surface area contributed by atoms with E-state index in [2.05, 4.69) is 5.32 Å². The second-order valence-corrected chi connectivity index (χ2v) is 4.69. The maximum atomic E-state index is 11.6. The van der Waals surface area contributed by atoms with Gasteiger partial charge >= 0.3 is 5.97 Å². The number of likely N-dealkylation sites (tertiary alicyclic amines) is 1. The van der Waals surface area contributed by atoms with Crippen molar-refractivity contribution in [1.29, 1.82) is 0 Å². The van der Waals surface area contributed by atoms with Crippen LogP contribution in [0.1, 0.15) is 28.8 Å². The molecule has 1 fully saturated rings. The van der Waals surface area contributed by atoms with Crippen LogP contribution in [0.15, 0.2) is 24.3 Å². The number of amides is 2. The number of carboxylic acids is 1. The summed E-state index contributed by atoms with van der Waals surface area (Å²) in [7, 11) is 0. The fourth-order valence-electron chi connectivity index (χ4n) is 2.11. The average molecular weight is 276 g/mol. The Hall–Kier alpha value is -2.37. The van der Waals surface area contributed by atoms with E-state index in [1.54, 1.807) is 29.2 Å². The summed E-state index contributed by atoms with van der Waals surface area (Å²) in [5.41, 5.74) is 1.36. The summed E-state index contributed by atoms with van der Waals surface area (Å²) in [5.74, 6) is -1.34. The van der Waals surface area contributed by atoms with Crippen molar-refractivity contribution < 1.29 is 19.5 Å². The highest BCUT2D eigenvalue weighted by Gasteiger charge is 2.19. The van der Waals surface area contributed by atoms with E-state index >= 15 is 0 Å². The fourth-order valence-corrected chi connectivity index (χ4v) is 2.11. The Labute approximate surface area is 116 Å². The minimum absolute atomic E-state index is 0.160. The third kappa shape index (κ3) is 3.57. The van der Waals surface area contributed by atoms with E-state index in [1.165, 1.54) is 0 Å². The Kier molecular flexibility index (Phi) is 4.34. The molecular formula is C14H16N2O4. The molecule has 0 bridgehead atoms. The van der Waals surface area contributed by atoms with Gasteiger partial charge < -0.3 is 15.3 Å². The zero-order chi connectivity index (χ0) is 14.5. The van der Waals surface area contributed by atoms with Crippen LogP contribution in [0.5, 0.6) is 0 Å². The first-order valence-corrected chi connectivity index (χ1v) is 6.43. The summed E-state index contributed by atoms with van der Waals surface area (Å²) in [5, 5.41) is 10.8. The van der Waals surface area contributed by atoms with Crippen molar-refractivity contribution in [2.24, 2.45) is 0 Å². The molecule has 2 rings (SSSR count). The van der Waals surface area contributed by atoms with Crippen molar-refractivity contribution >= 4 is 17.8 Å². The maximum absolute atomic E-state index is 11.6. The van der Waals surface area contributed by atoms with Crippen LogP contribution in [0.25, 0.3) is 0 Å². The van der Waals surface area contributed by atoms with Crippen LogP contribution in [0.4, 0.5) is 0 Å². The van der Waals surface area contributed by atoms with Crippen molar-refractivity contribution in [1.82, 2.24) is 10.2 Å². The number of benzene rings is 1. The smallest absolute Gasteiger partial charge is 0.322 e. The quantitative estimate of drug-likeness (QED) is 0.825. The molecule has 0 aromatic heterocycles. The summed E-state index contributed by atoms with van der Waals surface area (Å²) >= 11 is 0. The van der Waals surface area contributed by atoms with Gasteiger partial charge in [0.05, 0.1) is 0 Å². The van der Waals surface area contributed by atoms with E-state index in [1.807, 2.05) is 0 Å². The number of nitrogens with zero attached hydrogens (tertiary/aromatic N) is 1. The van der Waals surface area contributed by atoms with Gasteiger partial charge in [-0.3, -0.25) is 14.4 Å². The summed E-state index contributed by atoms with van der Waals surface area (Å²) in [6.07, 6.45) is 1.50. The molecule has 6 heteroatoms. The standard InChI is InChI=1S/C14H16N2O4/c17-12-2-1-7-16(12)9-10-3-5-11(6-4-10)14(20)15-8-13(18)19/h3-6H,1-2,7-9H2,(H,15,20)(H,18,19). The number of hydrogen-bond donors (Lipinski definition) is 2. The molecule has 0 spiro atoms. The number of rotatable bonds is 5. The lowest BCUT2D eigenvalue weighted by Gasteiger charge is -2.15. The number of aliphatic carboxylic acids is 1. The Morgan fingerprint density at radius 1 is 1.25 bits per heavy atom. The van der Waals surface area contributed by atoms with Gasteiger partial charge in [0.2, 0.25) is 5.91 Å². The Morgan fingerprint density at radius 2 is 1.95 bits per heavy atom. The van der Waals surface area contributed by atoms with Gasteiger partial charge in [0.15, 0.2) is 0 Å². The highest BCUT2D eigenvalue weighted by atomic mass is 16.4. The molecule has 0 aliphatic carbocycles. The Bertz CT molecular complexity index is 524. The monoisotopic (exact) mass is 276 g/mol. The van der Waals surface area contributed by atoms with Gasteiger partial charge in [-0.05, 0) is 24.1 Å². The number of carbonyl (C=O) groups is 3. The van der Waals surface area contributed by atoms with Gasteiger partial charge in [0.1, 0.15) is 6.54 Å². The minimum Gasteiger partial charge on any atom is -0.480 e. The summed E-state index contributed by atoms with van der Waals surface area (Å²) < 4.78 is 0. The molecule has 1 aromatic rings. The van der Waals surface area contributed by atoms with Gasteiger partial charge in [-0.1, -0.05) is 12.1 Å². The first kappa shape index (κ1) is 14.0. The van der Waals surface area contributed by atoms with Crippen molar-refractivity contribution in [3.05, 3.63) is 35.4 Å². The van der Waals surface area contributed by atoms with E-state index < -0.39 is 18.4 Å². The normalized spacial score (nSPS) is 14.4. The van der Waals surface area contributed by atoms with Crippen molar-refractivity contribution in [3.63, 3.8) is 0 Å². The highest BCUT2D eigenvalue weighted by molar-refractivity contribution is 5.95. The third-order valence-corrected chi connectivity index (χ3v) is 3.16. The van der Waals surface area contributed by atoms with E-state index in [9.17, 15) is 14.4 Å². The lowest BCUT2D eigenvalue weighted by Crippen LogP contribution is -2.29. The summed E-state index contributed by atoms with van der Waals surface area (Å²) in [6.45, 7) is 0.929. The molecule has 1 aliphatic rings. The lowest BCUT2D eigenvalue weighted by molar-refractivity contribution is -0.135. The van der Waals surface area contributed by atoms with Gasteiger partial charge in [-0.25, -0.2) is 0 Å². The molecule has 106 valence electrons. The number of carbonyl (C=O) groups excluding carboxylic acids is 2. The summed E-state index contributed by atoms with van der Waals surface area (Å²) in [4.78, 5) is 35.3. The third-order valence-electron chi connectivity index (χ3n) is 3.16. The van der Waals surface area contributed by atoms with Crippen LogP contribution in [0.2, 0.25) is 0 Å². The zero-order valence-electron chi connectivity index (χ0n) is 11.0. The first-order chi connectivity index (χ1) is 9.56. The second-order valence-electron chi connectivity index (χ2n) is 4.69. The van der Waals surface area contributed by atoms with E-state index in [0.29, 0.717) is 18.5 Å². The molecule has 1 aromatic carbocycles. The highest BCUT2D eigenvalue weighted by Crippen LogP contribution is 2.14. The van der Waals surface area contributed by atoms with E-state index in [-0.39, 0.29) is 5.91 Å². The Morgan fingerprint density at radius 3 is 2.50 bits per heavy atom. The molecular weight excluding hydrogens is 260 g/mol. The molecule has 1 saturated heterocycles. The predicted molar refractivity (Wildman–Crippen MR) is 71.1 cm³/mol. The van der Waals surface area contributed by atoms with Crippen LogP contribution >= 0.6 is 0 Å². The van der Waals surface area contributed by atoms with Gasteiger partial charge in [-0.15, -0.1) is 0 Å². The molecule has 1 aliphatic heterocycles. The van der Waals surface area contributed by atoms with Crippen LogP contribution in [-0.2, 0) is 16.1 Å². The largest absolute Gasteiger partial charge is 0.480 e. The molecule has 0 saturated carbocycles. The fraction of sp³-hybridized carbons (Fsp3) is 0.357. The molecule has 20 heavy (non-hydrogen) atoms. The second kappa shape index (κ2) is 6.18. The Balaban J connectivity index is 1.93. The average Bonchev–Trinajstić information content (AvgIpc) is 2.82. The van der Waals surface area contributed by atoms with Crippen LogP contribution in [0.3, 0.4) is 0 Å². The molecule has 0 radical (unpaired) electrons. The van der Waals surface area contributed by atoms with Crippen LogP contribution in [-0.4, -0.2) is 40.9 Å². The van der Waals surface area contributed by atoms with Crippen molar-refractivity contribution in [2.45, 2.75) is 19.4 Å². The maximum Gasteiger partial charge on any atom is 0.322 e. The summed E-state index contributed by atoms with van der Waals surface area (Å²) in [6, 6.07) is 6.82. The SMILES string of the molecule is O=C(O)CNC(=O)c1ccc(CN2CCCC2=O)cc1. The molecule has 2 amide bonds. The molecule has 6 nitrogen and oxygen atoms in total. The molecule has 1 heterocycles. The predicted octanol–water partition coefficient (Wildman–Crippen LogP) is 0.623. The van der Waals surface area contributed by atoms with Gasteiger partial charge in [0, 0.05) is 25.1 Å². The van der Waals surface area contributed by atoms with Crippen molar-refractivity contribution in [3.8, 4) is 0 Å². The van der Waals surface area contributed by atoms with Crippen LogP contribution in [0, 0.1) is 0 Å². The lowest BCUT2D eigenvalue weighted by atomic mass is 10.1. The number of hydrogen-bond acceptors (Lipinski definition) is 3. The molecule has 0 atom stereocenters. The minimum atomic E-state index is -1.08. The molecule has 0 unspecified atom stereocenters. The van der Waals surface area contributed by atoms with E-state index in [0.717, 1.165) is 18.5 Å². The van der Waals surface area contributed by atoms with Gasteiger partial charge in [0.25, 0.3) is 5.91 Å². The van der Waals surface area contributed by atoms with Crippen molar-refractivity contribution in [2.75, 3.05) is 13.1 Å². The van der Waals surface area contributed by atoms with E-state index in [4.69, 9.17) is 5.11 Å². The van der Waals surface area contributed by atoms with Gasteiger partial charge in [-0.2, -0.15) is 0 Å². The molecule has 2 N–H and O–H groups in total.